The monoisotopic (exact) mass is 427 g/mol. The first kappa shape index (κ1) is 20.0. The third-order valence-electron chi connectivity index (χ3n) is 4.99. The summed E-state index contributed by atoms with van der Waals surface area (Å²) in [7, 11) is 1.67. The minimum Gasteiger partial charge on any atom is -0.495 e. The maximum Gasteiger partial charge on any atom is 0.270 e. The molecule has 156 valence electrons. The predicted octanol–water partition coefficient (Wildman–Crippen LogP) is 2.97. The summed E-state index contributed by atoms with van der Waals surface area (Å²) in [6, 6.07) is 12.4. The van der Waals surface area contributed by atoms with E-state index in [1.165, 1.54) is 23.5 Å². The molecule has 0 unspecified atom stereocenters. The minimum absolute atomic E-state index is 0.0111. The van der Waals surface area contributed by atoms with Crippen LogP contribution in [0.25, 0.3) is 10.2 Å². The van der Waals surface area contributed by atoms with Crippen LogP contribution in [0.2, 0.25) is 0 Å². The highest BCUT2D eigenvalue weighted by Crippen LogP contribution is 2.30. The van der Waals surface area contributed by atoms with Crippen molar-refractivity contribution in [2.45, 2.75) is 0 Å². The van der Waals surface area contributed by atoms with E-state index in [9.17, 15) is 14.9 Å². The molecule has 1 aliphatic heterocycles. The van der Waals surface area contributed by atoms with Crippen LogP contribution >= 0.6 is 11.3 Å². The number of non-ortho nitro benzene ring substituents is 1. The molecule has 1 saturated heterocycles. The molecule has 2 aromatic carbocycles. The van der Waals surface area contributed by atoms with Crippen LogP contribution in [0.4, 0.5) is 16.5 Å². The summed E-state index contributed by atoms with van der Waals surface area (Å²) in [5.41, 5.74) is 1.70. The molecule has 0 aliphatic carbocycles. The van der Waals surface area contributed by atoms with E-state index < -0.39 is 4.92 Å². The van der Waals surface area contributed by atoms with Gasteiger partial charge in [-0.15, -0.1) is 0 Å². The normalized spacial score (nSPS) is 14.6. The summed E-state index contributed by atoms with van der Waals surface area (Å²) < 4.78 is 6.11. The van der Waals surface area contributed by atoms with E-state index in [1.807, 2.05) is 24.3 Å². The Bertz CT molecular complexity index is 1080. The number of nitrogens with one attached hydrogen (secondary N) is 1. The number of nitro benzene ring substituents is 1. The van der Waals surface area contributed by atoms with E-state index in [4.69, 9.17) is 4.74 Å². The third-order valence-corrected chi connectivity index (χ3v) is 5.93. The zero-order valence-corrected chi connectivity index (χ0v) is 17.2. The molecule has 1 aliphatic rings. The van der Waals surface area contributed by atoms with E-state index in [0.717, 1.165) is 37.6 Å². The summed E-state index contributed by atoms with van der Waals surface area (Å²) in [4.78, 5) is 31.6. The lowest BCUT2D eigenvalue weighted by molar-refractivity contribution is -0.384. The average Bonchev–Trinajstić information content (AvgIpc) is 3.15. The average molecular weight is 427 g/mol. The summed E-state index contributed by atoms with van der Waals surface area (Å²) in [5.74, 6) is 0.703. The second-order valence-corrected chi connectivity index (χ2v) is 7.94. The van der Waals surface area contributed by atoms with Gasteiger partial charge in [-0.1, -0.05) is 23.5 Å². The van der Waals surface area contributed by atoms with Crippen molar-refractivity contribution in [2.75, 3.05) is 50.1 Å². The quantitative estimate of drug-likeness (QED) is 0.477. The fraction of sp³-hybridized carbons (Fsp3) is 0.300. The third kappa shape index (κ3) is 4.34. The minimum atomic E-state index is -0.442. The number of carbonyl (C=O) groups is 1. The molecule has 1 fully saturated rings. The van der Waals surface area contributed by atoms with Crippen molar-refractivity contribution in [3.8, 4) is 5.75 Å². The van der Waals surface area contributed by atoms with Gasteiger partial charge in [-0.2, -0.15) is 0 Å². The molecule has 0 bridgehead atoms. The molecule has 1 N–H and O–H groups in total. The first-order valence-electron chi connectivity index (χ1n) is 9.48. The lowest BCUT2D eigenvalue weighted by Crippen LogP contribution is -2.48. The number of rotatable bonds is 6. The molecular formula is C20H21N5O4S. The number of aromatic nitrogens is 1. The Balaban J connectivity index is 1.33. The first-order valence-corrected chi connectivity index (χ1v) is 10.3. The smallest absolute Gasteiger partial charge is 0.270 e. The van der Waals surface area contributed by atoms with Crippen molar-refractivity contribution in [1.82, 2.24) is 9.88 Å². The lowest BCUT2D eigenvalue weighted by atomic mass is 10.2. The van der Waals surface area contributed by atoms with Crippen LogP contribution in [0.3, 0.4) is 0 Å². The van der Waals surface area contributed by atoms with E-state index in [1.54, 1.807) is 13.2 Å². The van der Waals surface area contributed by atoms with Gasteiger partial charge < -0.3 is 15.0 Å². The standard InChI is InChI=1S/C20H21N5O4S/c1-29-17-5-3-2-4-16(17)24-10-8-23(9-11-24)13-19(26)22-20-21-15-7-6-14(25(27)28)12-18(15)30-20/h2-7,12H,8-11,13H2,1H3,(H,21,22,26). The van der Waals surface area contributed by atoms with Gasteiger partial charge in [0.15, 0.2) is 5.13 Å². The van der Waals surface area contributed by atoms with E-state index in [2.05, 4.69) is 20.1 Å². The van der Waals surface area contributed by atoms with Gasteiger partial charge in [-0.05, 0) is 18.2 Å². The van der Waals surface area contributed by atoms with Crippen molar-refractivity contribution in [1.29, 1.82) is 0 Å². The maximum absolute atomic E-state index is 12.5. The molecule has 30 heavy (non-hydrogen) atoms. The molecule has 0 atom stereocenters. The Morgan fingerprint density at radius 2 is 2.00 bits per heavy atom. The molecular weight excluding hydrogens is 406 g/mol. The summed E-state index contributed by atoms with van der Waals surface area (Å²) in [6.45, 7) is 3.40. The summed E-state index contributed by atoms with van der Waals surface area (Å²) in [6.07, 6.45) is 0. The number of nitrogens with zero attached hydrogens (tertiary/aromatic N) is 4. The van der Waals surface area contributed by atoms with Crippen LogP contribution in [0, 0.1) is 10.1 Å². The number of carbonyl (C=O) groups excluding carboxylic acids is 1. The summed E-state index contributed by atoms with van der Waals surface area (Å²) in [5, 5.41) is 14.2. The Morgan fingerprint density at radius 3 is 2.73 bits per heavy atom. The zero-order valence-electron chi connectivity index (χ0n) is 16.4. The summed E-state index contributed by atoms with van der Waals surface area (Å²) >= 11 is 1.23. The van der Waals surface area contributed by atoms with Crippen molar-refractivity contribution in [2.24, 2.45) is 0 Å². The molecule has 0 saturated carbocycles. The lowest BCUT2D eigenvalue weighted by Gasteiger charge is -2.36. The predicted molar refractivity (Wildman–Crippen MR) is 117 cm³/mol. The van der Waals surface area contributed by atoms with Crippen LogP contribution in [0.1, 0.15) is 0 Å². The van der Waals surface area contributed by atoms with Crippen molar-refractivity contribution in [3.63, 3.8) is 0 Å². The largest absolute Gasteiger partial charge is 0.495 e. The van der Waals surface area contributed by atoms with Crippen LogP contribution in [-0.4, -0.2) is 60.5 Å². The van der Waals surface area contributed by atoms with Crippen molar-refractivity contribution < 1.29 is 14.5 Å². The van der Waals surface area contributed by atoms with E-state index in [0.29, 0.717) is 15.3 Å². The number of methoxy groups -OCH3 is 1. The Kier molecular flexibility index (Phi) is 5.77. The van der Waals surface area contributed by atoms with Gasteiger partial charge in [0.05, 0.1) is 34.5 Å². The SMILES string of the molecule is COc1ccccc1N1CCN(CC(=O)Nc2nc3ccc([N+](=O)[O-])cc3s2)CC1. The highest BCUT2D eigenvalue weighted by atomic mass is 32.1. The number of nitro groups is 1. The number of piperazine rings is 1. The van der Waals surface area contributed by atoms with Gasteiger partial charge >= 0.3 is 0 Å². The molecule has 2 heterocycles. The Labute approximate surface area is 177 Å². The van der Waals surface area contributed by atoms with Crippen molar-refractivity contribution in [3.05, 3.63) is 52.6 Å². The van der Waals surface area contributed by atoms with Gasteiger partial charge in [-0.25, -0.2) is 4.98 Å². The Hall–Kier alpha value is -3.24. The van der Waals surface area contributed by atoms with Gasteiger partial charge in [0.25, 0.3) is 5.69 Å². The van der Waals surface area contributed by atoms with Crippen LogP contribution in [-0.2, 0) is 4.79 Å². The number of hydrogen-bond acceptors (Lipinski definition) is 8. The van der Waals surface area contributed by atoms with Crippen LogP contribution in [0.5, 0.6) is 5.75 Å². The second-order valence-electron chi connectivity index (χ2n) is 6.91. The highest BCUT2D eigenvalue weighted by molar-refractivity contribution is 7.22. The Morgan fingerprint density at radius 1 is 1.23 bits per heavy atom. The van der Waals surface area contributed by atoms with Gasteiger partial charge in [0, 0.05) is 38.3 Å². The number of benzene rings is 2. The van der Waals surface area contributed by atoms with E-state index in [-0.39, 0.29) is 18.1 Å². The van der Waals surface area contributed by atoms with Crippen LogP contribution in [0.15, 0.2) is 42.5 Å². The first-order chi connectivity index (χ1) is 14.5. The fourth-order valence-electron chi connectivity index (χ4n) is 3.48. The van der Waals surface area contributed by atoms with E-state index >= 15 is 0 Å². The van der Waals surface area contributed by atoms with Crippen LogP contribution < -0.4 is 15.0 Å². The van der Waals surface area contributed by atoms with Gasteiger partial charge in [0.1, 0.15) is 5.75 Å². The maximum atomic E-state index is 12.5. The number of para-hydroxylation sites is 2. The number of anilines is 2. The van der Waals surface area contributed by atoms with Gasteiger partial charge in [0.2, 0.25) is 5.91 Å². The second kappa shape index (κ2) is 8.64. The molecule has 1 aromatic heterocycles. The molecule has 3 aromatic rings. The van der Waals surface area contributed by atoms with Crippen molar-refractivity contribution >= 4 is 44.0 Å². The van der Waals surface area contributed by atoms with Gasteiger partial charge in [-0.3, -0.25) is 19.8 Å². The molecule has 10 heteroatoms. The molecule has 4 rings (SSSR count). The number of thiazole rings is 1. The molecule has 1 amide bonds. The zero-order chi connectivity index (χ0) is 21.1. The number of fused-ring (bicyclic) bond motifs is 1. The highest BCUT2D eigenvalue weighted by Gasteiger charge is 2.21. The topological polar surface area (TPSA) is 101 Å². The molecule has 9 nitrogen and oxygen atoms in total. The number of hydrogen-bond donors (Lipinski definition) is 1. The fourth-order valence-corrected chi connectivity index (χ4v) is 4.40. The molecule has 0 radical (unpaired) electrons. The number of ether oxygens (including phenoxy) is 1. The molecule has 0 spiro atoms. The number of amides is 1.